The lowest BCUT2D eigenvalue weighted by atomic mass is 9.83. The van der Waals surface area contributed by atoms with Crippen LogP contribution < -0.4 is 25.0 Å². The first kappa shape index (κ1) is 34.9. The number of phenolic OH excluding ortho intramolecular Hbond substituents is 1. The second-order valence-corrected chi connectivity index (χ2v) is 14.9. The van der Waals surface area contributed by atoms with Crippen LogP contribution in [0, 0.1) is 5.92 Å². The molecule has 0 radical (unpaired) electrons. The Bertz CT molecular complexity index is 2180. The minimum absolute atomic E-state index is 0.130. The van der Waals surface area contributed by atoms with Crippen LogP contribution >= 0.6 is 23.1 Å². The van der Waals surface area contributed by atoms with Gasteiger partial charge in [0.2, 0.25) is 27.7 Å². The number of aromatic hydroxyl groups is 1. The Balaban J connectivity index is 1.38. The second-order valence-electron chi connectivity index (χ2n) is 11.2. The Morgan fingerprint density at radius 1 is 0.960 bits per heavy atom. The van der Waals surface area contributed by atoms with Gasteiger partial charge in [-0.15, -0.1) is 0 Å². The number of hydrogen-bond acceptors (Lipinski definition) is 12. The van der Waals surface area contributed by atoms with Crippen molar-refractivity contribution in [2.24, 2.45) is 11.1 Å². The van der Waals surface area contributed by atoms with Crippen LogP contribution in [0.25, 0.3) is 0 Å². The van der Waals surface area contributed by atoms with Gasteiger partial charge in [-0.25, -0.2) is 23.3 Å². The number of thioether (sulfide) groups is 1. The third-order valence-corrected chi connectivity index (χ3v) is 11.6. The number of carbonyl (C=O) groups excluding carboxylic acids is 4. The highest BCUT2D eigenvalue weighted by atomic mass is 32.2. The summed E-state index contributed by atoms with van der Waals surface area (Å²) >= 11 is 1.86. The molecule has 6 rings (SSSR count). The molecule has 1 aromatic heterocycles. The normalized spacial score (nSPS) is 18.4. The van der Waals surface area contributed by atoms with E-state index in [2.05, 4.69) is 5.32 Å². The highest BCUT2D eigenvalue weighted by Gasteiger charge is 2.57. The van der Waals surface area contributed by atoms with Crippen LogP contribution in [0.4, 0.5) is 11.4 Å². The Morgan fingerprint density at radius 2 is 1.66 bits per heavy atom. The number of aromatic nitrogens is 1. The van der Waals surface area contributed by atoms with Gasteiger partial charge in [0.1, 0.15) is 11.8 Å². The lowest BCUT2D eigenvalue weighted by molar-refractivity contribution is -0.122. The topological polar surface area (TPSA) is 204 Å². The number of ether oxygens (including phenoxy) is 2. The first-order valence-electron chi connectivity index (χ1n) is 15.3. The zero-order valence-electron chi connectivity index (χ0n) is 26.5. The predicted molar refractivity (Wildman–Crippen MR) is 184 cm³/mol. The fraction of sp³-hybridized carbons (Fsp3) is 0.242. The lowest BCUT2D eigenvalue weighted by Crippen LogP contribution is -2.33. The summed E-state index contributed by atoms with van der Waals surface area (Å²) < 4.78 is 35.1. The van der Waals surface area contributed by atoms with Gasteiger partial charge in [-0.05, 0) is 80.1 Å². The van der Waals surface area contributed by atoms with Crippen molar-refractivity contribution in [2.45, 2.75) is 41.5 Å². The number of sulfonamides is 1. The quantitative estimate of drug-likeness (QED) is 0.159. The number of primary sulfonamides is 1. The third-order valence-electron chi connectivity index (χ3n) is 8.10. The van der Waals surface area contributed by atoms with E-state index in [-0.39, 0.29) is 46.5 Å². The van der Waals surface area contributed by atoms with Gasteiger partial charge in [-0.2, -0.15) is 0 Å². The number of nitrogens with two attached hydrogens (primary N) is 1. The summed E-state index contributed by atoms with van der Waals surface area (Å²) in [5, 5.41) is 17.5. The van der Waals surface area contributed by atoms with Gasteiger partial charge in [0, 0.05) is 16.5 Å². The smallest absolute Gasteiger partial charge is 0.338 e. The summed E-state index contributed by atoms with van der Waals surface area (Å²) in [6.07, 6.45) is 0. The molecule has 0 saturated carbocycles. The standard InChI is InChI=1S/C33H30N4O10S3/c1-3-46-23-15-18(7-14-22(23)38)25-26-27(30(41)37(29(26)40)20-10-5-17(6-11-20)32(42)47-4-2)48-31-28(25)49-33(43)36(31)16-24(39)35-19-8-12-21(13-9-19)50(34,44)45/h5-15,25-27,38H,3-4,16H2,1-2H3,(H,35,39)(H2,34,44,45)/t25-,26+,27-/m0/s1. The van der Waals surface area contributed by atoms with Crippen LogP contribution in [0.2, 0.25) is 0 Å². The first-order chi connectivity index (χ1) is 23.8. The minimum atomic E-state index is -3.94. The number of anilines is 2. The van der Waals surface area contributed by atoms with Crippen molar-refractivity contribution in [1.82, 2.24) is 4.57 Å². The Hall–Kier alpha value is -4.97. The molecule has 260 valence electrons. The molecular formula is C33H30N4O10S3. The van der Waals surface area contributed by atoms with Crippen molar-refractivity contribution in [3.63, 3.8) is 0 Å². The van der Waals surface area contributed by atoms with Gasteiger partial charge in [0.05, 0.1) is 40.3 Å². The number of amides is 3. The number of rotatable bonds is 10. The molecule has 0 unspecified atom stereocenters. The molecule has 0 aliphatic carbocycles. The van der Waals surface area contributed by atoms with Crippen LogP contribution in [-0.2, 0) is 35.7 Å². The average Bonchev–Trinajstić information content (AvgIpc) is 3.52. The molecule has 1 fully saturated rings. The number of esters is 1. The third kappa shape index (κ3) is 6.51. The number of nitrogens with zero attached hydrogens (tertiary/aromatic N) is 2. The summed E-state index contributed by atoms with van der Waals surface area (Å²) in [5.74, 6) is -3.99. The van der Waals surface area contributed by atoms with Crippen molar-refractivity contribution >= 4 is 68.2 Å². The zero-order valence-corrected chi connectivity index (χ0v) is 29.0. The first-order valence-corrected chi connectivity index (χ1v) is 18.5. The maximum atomic E-state index is 14.2. The zero-order chi connectivity index (χ0) is 35.9. The number of fused-ring (bicyclic) bond motifs is 2. The molecule has 3 heterocycles. The van der Waals surface area contributed by atoms with E-state index in [0.29, 0.717) is 15.5 Å². The number of benzene rings is 3. The molecule has 4 aromatic rings. The summed E-state index contributed by atoms with van der Waals surface area (Å²) in [7, 11) is -3.94. The van der Waals surface area contributed by atoms with Gasteiger partial charge in [0.15, 0.2) is 11.5 Å². The maximum Gasteiger partial charge on any atom is 0.338 e. The van der Waals surface area contributed by atoms with Crippen LogP contribution in [0.15, 0.2) is 81.4 Å². The van der Waals surface area contributed by atoms with Crippen molar-refractivity contribution < 1.29 is 42.2 Å². The van der Waals surface area contributed by atoms with E-state index >= 15 is 0 Å². The lowest BCUT2D eigenvalue weighted by Gasteiger charge is -2.31. The summed E-state index contributed by atoms with van der Waals surface area (Å²) in [6, 6.07) is 15.7. The summed E-state index contributed by atoms with van der Waals surface area (Å²) in [6.45, 7) is 3.40. The van der Waals surface area contributed by atoms with Gasteiger partial charge in [-0.1, -0.05) is 29.2 Å². The molecule has 2 aliphatic heterocycles. The molecule has 4 N–H and O–H groups in total. The monoisotopic (exact) mass is 738 g/mol. The van der Waals surface area contributed by atoms with Gasteiger partial charge in [0.25, 0.3) is 0 Å². The van der Waals surface area contributed by atoms with Crippen LogP contribution in [0.5, 0.6) is 11.5 Å². The average molecular weight is 739 g/mol. The van der Waals surface area contributed by atoms with Crippen molar-refractivity contribution in [1.29, 1.82) is 0 Å². The highest BCUT2D eigenvalue weighted by Crippen LogP contribution is 2.54. The van der Waals surface area contributed by atoms with E-state index in [1.165, 1.54) is 59.2 Å². The van der Waals surface area contributed by atoms with Crippen LogP contribution in [-0.4, -0.2) is 60.2 Å². The highest BCUT2D eigenvalue weighted by molar-refractivity contribution is 8.00. The minimum Gasteiger partial charge on any atom is -0.504 e. The summed E-state index contributed by atoms with van der Waals surface area (Å²) in [5.41, 5.74) is 1.27. The molecule has 2 aliphatic rings. The van der Waals surface area contributed by atoms with Crippen molar-refractivity contribution in [3.8, 4) is 11.5 Å². The van der Waals surface area contributed by atoms with Crippen molar-refractivity contribution in [3.05, 3.63) is 92.4 Å². The Morgan fingerprint density at radius 3 is 2.30 bits per heavy atom. The number of hydrogen-bond donors (Lipinski definition) is 3. The van der Waals surface area contributed by atoms with Gasteiger partial charge >= 0.3 is 10.8 Å². The number of imide groups is 1. The molecule has 0 bridgehead atoms. The van der Waals surface area contributed by atoms with E-state index in [4.69, 9.17) is 14.6 Å². The molecular weight excluding hydrogens is 709 g/mol. The molecule has 17 heteroatoms. The van der Waals surface area contributed by atoms with Crippen LogP contribution in [0.3, 0.4) is 0 Å². The molecule has 3 amide bonds. The largest absolute Gasteiger partial charge is 0.504 e. The van der Waals surface area contributed by atoms with E-state index in [9.17, 15) is 37.5 Å². The predicted octanol–water partition coefficient (Wildman–Crippen LogP) is 3.27. The number of carbonyl (C=O) groups is 4. The Kier molecular flexibility index (Phi) is 9.58. The molecule has 3 atom stereocenters. The van der Waals surface area contributed by atoms with Crippen molar-refractivity contribution in [2.75, 3.05) is 23.4 Å². The van der Waals surface area contributed by atoms with Crippen LogP contribution in [0.1, 0.15) is 40.6 Å². The van der Waals surface area contributed by atoms with Gasteiger partial charge < -0.3 is 19.9 Å². The number of nitrogens with one attached hydrogen (secondary N) is 1. The summed E-state index contributed by atoms with van der Waals surface area (Å²) in [4.78, 5) is 68.1. The molecule has 14 nitrogen and oxygen atoms in total. The Labute approximate surface area is 293 Å². The number of phenols is 1. The molecule has 3 aromatic carbocycles. The second kappa shape index (κ2) is 13.7. The molecule has 1 saturated heterocycles. The number of thiazole rings is 1. The molecule has 0 spiro atoms. The fourth-order valence-corrected chi connectivity index (χ4v) is 9.19. The van der Waals surface area contributed by atoms with E-state index < -0.39 is 62.2 Å². The van der Waals surface area contributed by atoms with E-state index in [1.807, 2.05) is 0 Å². The fourth-order valence-electron chi connectivity index (χ4n) is 5.90. The maximum absolute atomic E-state index is 14.2. The SMILES string of the molecule is CCOC(=O)c1ccc(N2C(=O)[C@@H]3[C@H](c4ccc(O)c(OCC)c4)c4sc(=O)n(CC(=O)Nc5ccc(S(N)(=O)=O)cc5)c4S[C@@H]3C2=O)cc1. The van der Waals surface area contributed by atoms with E-state index in [0.717, 1.165) is 28.0 Å². The van der Waals surface area contributed by atoms with E-state index in [1.54, 1.807) is 26.0 Å². The van der Waals surface area contributed by atoms with Gasteiger partial charge in [-0.3, -0.25) is 23.7 Å². The molecule has 50 heavy (non-hydrogen) atoms.